The molecule has 11 nitrogen and oxygen atoms in total. The van der Waals surface area contributed by atoms with Gasteiger partial charge in [-0.15, -0.1) is 10.2 Å². The fourth-order valence-corrected chi connectivity index (χ4v) is 6.16. The Morgan fingerprint density at radius 2 is 1.67 bits per heavy atom. The highest BCUT2D eigenvalue weighted by atomic mass is 32.2. The molecule has 0 aliphatic carbocycles. The van der Waals surface area contributed by atoms with E-state index in [-0.39, 0.29) is 46.7 Å². The summed E-state index contributed by atoms with van der Waals surface area (Å²) in [5, 5.41) is 13.1. The first kappa shape index (κ1) is 36.1. The van der Waals surface area contributed by atoms with Crippen molar-refractivity contribution >= 4 is 29.0 Å². The van der Waals surface area contributed by atoms with Gasteiger partial charge in [0.15, 0.2) is 17.3 Å². The molecule has 2 aliphatic heterocycles. The number of aromatic nitrogens is 4. The van der Waals surface area contributed by atoms with Crippen molar-refractivity contribution < 1.29 is 50.1 Å². The van der Waals surface area contributed by atoms with E-state index in [1.165, 1.54) is 25.3 Å². The molecule has 1 N–H and O–H groups in total. The number of halogens is 6. The molecule has 0 unspecified atom stereocenters. The molecule has 3 heterocycles. The number of rotatable bonds is 13. The minimum absolute atomic E-state index is 0.0116. The average molecular weight is 715 g/mol. The number of hydrogen-bond donors (Lipinski definition) is 1. The summed E-state index contributed by atoms with van der Waals surface area (Å²) in [6, 6.07) is 4.01. The first-order chi connectivity index (χ1) is 23.3. The molecule has 264 valence electrons. The molecule has 0 spiro atoms. The van der Waals surface area contributed by atoms with Gasteiger partial charge < -0.3 is 14.2 Å². The van der Waals surface area contributed by atoms with Crippen molar-refractivity contribution in [3.05, 3.63) is 57.8 Å². The topological polar surface area (TPSA) is 123 Å². The van der Waals surface area contributed by atoms with Crippen molar-refractivity contribution in [2.75, 3.05) is 53.1 Å². The van der Waals surface area contributed by atoms with E-state index < -0.39 is 40.2 Å². The first-order valence-corrected chi connectivity index (χ1v) is 16.1. The number of H-pyrrole nitrogens is 1. The molecular weight excluding hydrogens is 682 g/mol. The van der Waals surface area contributed by atoms with Crippen LogP contribution in [0.4, 0.5) is 31.1 Å². The molecule has 0 saturated carbocycles. The minimum Gasteiger partial charge on any atom is -0.493 e. The van der Waals surface area contributed by atoms with Crippen LogP contribution in [0.5, 0.6) is 11.5 Å². The van der Waals surface area contributed by atoms with Crippen LogP contribution in [0.3, 0.4) is 0 Å². The Morgan fingerprint density at radius 3 is 2.31 bits per heavy atom. The van der Waals surface area contributed by atoms with E-state index in [0.717, 1.165) is 4.90 Å². The molecule has 2 fully saturated rings. The van der Waals surface area contributed by atoms with Crippen LogP contribution in [-0.2, 0) is 28.3 Å². The number of thioether (sulfide) groups is 1. The molecule has 2 amide bonds. The summed E-state index contributed by atoms with van der Waals surface area (Å²) in [4.78, 5) is 29.1. The number of hydrogen-bond acceptors (Lipinski definition) is 10. The highest BCUT2D eigenvalue weighted by Gasteiger charge is 2.38. The van der Waals surface area contributed by atoms with Gasteiger partial charge in [0.05, 0.1) is 36.4 Å². The number of methoxy groups -OCH3 is 1. The largest absolute Gasteiger partial charge is 0.493 e. The molecule has 2 aliphatic rings. The monoisotopic (exact) mass is 714 g/mol. The Bertz CT molecular complexity index is 1630. The maximum absolute atomic E-state index is 13.8. The summed E-state index contributed by atoms with van der Waals surface area (Å²) >= 11 is 0.680. The molecule has 1 aromatic heterocycles. The minimum atomic E-state index is -5.08. The predicted molar refractivity (Wildman–Crippen MR) is 166 cm³/mol. The molecule has 18 heteroatoms. The van der Waals surface area contributed by atoms with Gasteiger partial charge in [-0.2, -0.15) is 31.6 Å². The van der Waals surface area contributed by atoms with Crippen molar-refractivity contribution in [2.24, 2.45) is 0 Å². The fourth-order valence-electron chi connectivity index (χ4n) is 5.30. The number of benzene rings is 2. The SMILES string of the molecule is COc1cc(/C=C2\SC(=O)N(CCCCCc3nn[nH]n3)C2=O)cc(-c2cc(C(F)(F)F)cc(C(F)(F)F)c2)c1OCCN1CCOCC1. The van der Waals surface area contributed by atoms with Crippen molar-refractivity contribution in [2.45, 2.75) is 38.0 Å². The van der Waals surface area contributed by atoms with E-state index in [2.05, 4.69) is 20.6 Å². The number of aryl methyl sites for hydroxylation is 1. The number of alkyl halides is 6. The van der Waals surface area contributed by atoms with Crippen molar-refractivity contribution in [3.8, 4) is 22.6 Å². The summed E-state index contributed by atoms with van der Waals surface area (Å²) in [6.07, 6.45) is -6.33. The number of nitrogens with zero attached hydrogens (tertiary/aromatic N) is 5. The molecule has 49 heavy (non-hydrogen) atoms. The van der Waals surface area contributed by atoms with Crippen LogP contribution in [0.15, 0.2) is 35.2 Å². The molecule has 0 bridgehead atoms. The third-order valence-corrected chi connectivity index (χ3v) is 8.70. The number of carbonyl (C=O) groups excluding carboxylic acids is 2. The average Bonchev–Trinajstić information content (AvgIpc) is 3.68. The predicted octanol–water partition coefficient (Wildman–Crippen LogP) is 6.07. The highest BCUT2D eigenvalue weighted by Crippen LogP contribution is 2.45. The van der Waals surface area contributed by atoms with Gasteiger partial charge in [-0.25, -0.2) is 0 Å². The van der Waals surface area contributed by atoms with Gasteiger partial charge in [-0.1, -0.05) is 11.6 Å². The number of morpholine rings is 1. The van der Waals surface area contributed by atoms with Crippen molar-refractivity contribution in [1.29, 1.82) is 0 Å². The zero-order valence-electron chi connectivity index (χ0n) is 26.2. The van der Waals surface area contributed by atoms with Gasteiger partial charge in [0.1, 0.15) is 6.61 Å². The molecule has 2 aromatic carbocycles. The zero-order valence-corrected chi connectivity index (χ0v) is 27.0. The zero-order chi connectivity index (χ0) is 35.2. The Kier molecular flexibility index (Phi) is 11.5. The van der Waals surface area contributed by atoms with E-state index in [0.29, 0.717) is 88.3 Å². The Labute approximate surface area is 280 Å². The van der Waals surface area contributed by atoms with Crippen LogP contribution < -0.4 is 9.47 Å². The van der Waals surface area contributed by atoms with E-state index in [1.54, 1.807) is 0 Å². The van der Waals surface area contributed by atoms with E-state index in [9.17, 15) is 35.9 Å². The number of tetrazole rings is 1. The summed E-state index contributed by atoms with van der Waals surface area (Å²) in [6.45, 7) is 2.90. The molecule has 3 aromatic rings. The van der Waals surface area contributed by atoms with Crippen LogP contribution in [0.2, 0.25) is 0 Å². The number of nitrogens with one attached hydrogen (secondary N) is 1. The number of unbranched alkanes of at least 4 members (excludes halogenated alkanes) is 2. The van der Waals surface area contributed by atoms with E-state index in [4.69, 9.17) is 14.2 Å². The van der Waals surface area contributed by atoms with Crippen LogP contribution in [-0.4, -0.2) is 94.7 Å². The second kappa shape index (κ2) is 15.6. The van der Waals surface area contributed by atoms with Crippen LogP contribution >= 0.6 is 11.8 Å². The Morgan fingerprint density at radius 1 is 0.959 bits per heavy atom. The third-order valence-electron chi connectivity index (χ3n) is 7.80. The van der Waals surface area contributed by atoms with Crippen molar-refractivity contribution in [3.63, 3.8) is 0 Å². The van der Waals surface area contributed by atoms with Crippen LogP contribution in [0.25, 0.3) is 17.2 Å². The smallest absolute Gasteiger partial charge is 0.416 e. The number of carbonyl (C=O) groups is 2. The van der Waals surface area contributed by atoms with Gasteiger partial charge in [0.25, 0.3) is 11.1 Å². The lowest BCUT2D eigenvalue weighted by Crippen LogP contribution is -2.38. The van der Waals surface area contributed by atoms with Crippen LogP contribution in [0.1, 0.15) is 41.8 Å². The second-order valence-corrected chi connectivity index (χ2v) is 12.2. The quantitative estimate of drug-likeness (QED) is 0.127. The van der Waals surface area contributed by atoms with Crippen molar-refractivity contribution in [1.82, 2.24) is 30.4 Å². The van der Waals surface area contributed by atoms with Gasteiger partial charge in [0.2, 0.25) is 0 Å². The van der Waals surface area contributed by atoms with E-state index in [1.807, 2.05) is 4.90 Å². The van der Waals surface area contributed by atoms with Gasteiger partial charge in [0, 0.05) is 38.2 Å². The summed E-state index contributed by atoms with van der Waals surface area (Å²) in [5.41, 5.74) is -3.35. The first-order valence-electron chi connectivity index (χ1n) is 15.3. The number of amides is 2. The fraction of sp³-hybridized carbons (Fsp3) is 0.452. The Hall–Kier alpha value is -4.16. The van der Waals surface area contributed by atoms with E-state index >= 15 is 0 Å². The molecule has 0 atom stereocenters. The summed E-state index contributed by atoms with van der Waals surface area (Å²) in [5.74, 6) is -0.0815. The lowest BCUT2D eigenvalue weighted by atomic mass is 9.96. The maximum atomic E-state index is 13.8. The third kappa shape index (κ3) is 9.30. The molecule has 0 radical (unpaired) electrons. The molecule has 2 saturated heterocycles. The maximum Gasteiger partial charge on any atom is 0.416 e. The normalized spacial score (nSPS) is 17.0. The Balaban J connectivity index is 1.45. The summed E-state index contributed by atoms with van der Waals surface area (Å²) < 4.78 is 99.8. The number of aromatic amines is 1. The number of ether oxygens (including phenoxy) is 3. The second-order valence-electron chi connectivity index (χ2n) is 11.2. The number of imide groups is 1. The highest BCUT2D eigenvalue weighted by molar-refractivity contribution is 8.18. The van der Waals surface area contributed by atoms with Gasteiger partial charge >= 0.3 is 12.4 Å². The summed E-state index contributed by atoms with van der Waals surface area (Å²) in [7, 11) is 1.28. The van der Waals surface area contributed by atoms with Gasteiger partial charge in [-0.05, 0) is 72.1 Å². The van der Waals surface area contributed by atoms with Gasteiger partial charge in [-0.3, -0.25) is 19.4 Å². The molecule has 5 rings (SSSR count). The van der Waals surface area contributed by atoms with Crippen LogP contribution in [0, 0.1) is 0 Å². The lowest BCUT2D eigenvalue weighted by molar-refractivity contribution is -0.143. The standard InChI is InChI=1S/C31H32F6N6O5S/c1-46-24-14-19(15-25-28(44)43(29(45)49-25)6-4-2-3-5-26-38-40-41-39-26)13-23(27(24)48-12-9-42-7-10-47-11-8-42)20-16-21(30(32,33)34)18-22(17-20)31(35,36)37/h13-18H,2-12H2,1H3,(H,38,39,40,41)/b25-15-. The molecular formula is C31H32F6N6O5S. The lowest BCUT2D eigenvalue weighted by Gasteiger charge is -2.27.